The molecule has 0 aliphatic heterocycles. The third kappa shape index (κ3) is 5.70. The molecule has 0 atom stereocenters. The largest absolute Gasteiger partial charge is 0.325 e. The number of nitrogens with one attached hydrogen (secondary N) is 2. The number of anilines is 2. The van der Waals surface area contributed by atoms with E-state index in [-0.39, 0.29) is 5.69 Å². The van der Waals surface area contributed by atoms with Crippen LogP contribution in [0.25, 0.3) is 0 Å². The lowest BCUT2D eigenvalue weighted by Gasteiger charge is -2.06. The molecule has 2 aromatic rings. The summed E-state index contributed by atoms with van der Waals surface area (Å²) in [5, 5.41) is 6.69. The minimum absolute atomic E-state index is 0.263. The van der Waals surface area contributed by atoms with Gasteiger partial charge in [-0.3, -0.25) is 9.59 Å². The highest BCUT2D eigenvalue weighted by Crippen LogP contribution is 2.14. The molecule has 2 amide bonds. The summed E-state index contributed by atoms with van der Waals surface area (Å²) < 4.78 is 36.5. The quantitative estimate of drug-likeness (QED) is 0.802. The van der Waals surface area contributed by atoms with Gasteiger partial charge in [0, 0.05) is 11.1 Å². The van der Waals surface area contributed by atoms with Gasteiger partial charge in [-0.2, -0.15) is 0 Å². The van der Waals surface area contributed by atoms with Gasteiger partial charge in [0.1, 0.15) is 17.3 Å². The number of aryl methyl sites for hydroxylation is 1. The van der Waals surface area contributed by atoms with Crippen LogP contribution < -0.4 is 10.6 Å². The van der Waals surface area contributed by atoms with E-state index in [9.17, 15) is 22.4 Å². The maximum Gasteiger partial charge on any atom is 0.241 e. The van der Waals surface area contributed by atoms with Gasteiger partial charge in [0.05, 0.1) is 5.69 Å². The molecule has 0 aliphatic carbocycles. The van der Waals surface area contributed by atoms with E-state index in [1.165, 1.54) is 23.5 Å². The molecular weight excluding hydrogens is 357 g/mol. The summed E-state index contributed by atoms with van der Waals surface area (Å²) in [6.45, 7) is 1.74. The van der Waals surface area contributed by atoms with E-state index in [0.29, 0.717) is 10.8 Å². The van der Waals surface area contributed by atoms with Crippen LogP contribution in [-0.2, 0) is 19.4 Å². The molecule has 10 heteroatoms. The van der Waals surface area contributed by atoms with Crippen LogP contribution in [0.15, 0.2) is 29.6 Å². The standard InChI is InChI=1S/C14H14FN3O4S2/c1-9-6-23-14(16-9)18-13(20)8-24(21,22)7-12(19)17-11-4-2-10(15)3-5-11/h2-6H,7-8H2,1H3,(H,17,19)(H,16,18,20). The number of benzene rings is 1. The van der Waals surface area contributed by atoms with Crippen molar-refractivity contribution < 1.29 is 22.4 Å². The first kappa shape index (κ1) is 18.0. The Labute approximate surface area is 141 Å². The first-order valence-electron chi connectivity index (χ1n) is 6.71. The van der Waals surface area contributed by atoms with Crippen molar-refractivity contribution in [1.82, 2.24) is 4.98 Å². The molecule has 24 heavy (non-hydrogen) atoms. The van der Waals surface area contributed by atoms with Crippen molar-refractivity contribution in [1.29, 1.82) is 0 Å². The number of hydrogen-bond donors (Lipinski definition) is 2. The Morgan fingerprint density at radius 1 is 1.12 bits per heavy atom. The van der Waals surface area contributed by atoms with Crippen molar-refractivity contribution >= 4 is 43.8 Å². The molecule has 1 heterocycles. The van der Waals surface area contributed by atoms with E-state index in [1.807, 2.05) is 0 Å². The summed E-state index contributed by atoms with van der Waals surface area (Å²) in [6, 6.07) is 4.87. The molecule has 0 radical (unpaired) electrons. The van der Waals surface area contributed by atoms with E-state index < -0.39 is 39.0 Å². The van der Waals surface area contributed by atoms with Crippen LogP contribution >= 0.6 is 11.3 Å². The zero-order valence-electron chi connectivity index (χ0n) is 12.6. The Bertz CT molecular complexity index is 847. The minimum Gasteiger partial charge on any atom is -0.325 e. The van der Waals surface area contributed by atoms with E-state index in [2.05, 4.69) is 15.6 Å². The molecule has 0 spiro atoms. The second-order valence-electron chi connectivity index (χ2n) is 4.93. The van der Waals surface area contributed by atoms with Crippen LogP contribution in [0, 0.1) is 12.7 Å². The van der Waals surface area contributed by atoms with E-state index >= 15 is 0 Å². The molecule has 2 N–H and O–H groups in total. The van der Waals surface area contributed by atoms with Crippen LogP contribution in [0.2, 0.25) is 0 Å². The Balaban J connectivity index is 1.88. The molecule has 0 saturated heterocycles. The molecule has 1 aromatic heterocycles. The zero-order valence-corrected chi connectivity index (χ0v) is 14.2. The van der Waals surface area contributed by atoms with Gasteiger partial charge in [0.25, 0.3) is 0 Å². The molecule has 1 aromatic carbocycles. The summed E-state index contributed by atoms with van der Waals surface area (Å²) in [6.07, 6.45) is 0. The number of halogens is 1. The fraction of sp³-hybridized carbons (Fsp3) is 0.214. The summed E-state index contributed by atoms with van der Waals surface area (Å²) in [5.41, 5.74) is 0.969. The van der Waals surface area contributed by atoms with Gasteiger partial charge < -0.3 is 10.6 Å². The fourth-order valence-corrected chi connectivity index (χ4v) is 3.50. The average molecular weight is 371 g/mol. The highest BCUT2D eigenvalue weighted by atomic mass is 32.2. The van der Waals surface area contributed by atoms with Crippen molar-refractivity contribution in [2.75, 3.05) is 22.1 Å². The van der Waals surface area contributed by atoms with Crippen LogP contribution in [0.5, 0.6) is 0 Å². The number of aromatic nitrogens is 1. The summed E-state index contributed by atoms with van der Waals surface area (Å²) in [7, 11) is -3.94. The Morgan fingerprint density at radius 2 is 1.71 bits per heavy atom. The maximum absolute atomic E-state index is 12.8. The Hall–Kier alpha value is -2.33. The first-order chi connectivity index (χ1) is 11.2. The number of amides is 2. The van der Waals surface area contributed by atoms with Gasteiger partial charge in [0.15, 0.2) is 15.0 Å². The highest BCUT2D eigenvalue weighted by molar-refractivity contribution is 7.92. The summed E-state index contributed by atoms with van der Waals surface area (Å²) >= 11 is 1.17. The third-order valence-electron chi connectivity index (χ3n) is 2.70. The minimum atomic E-state index is -3.94. The molecule has 128 valence electrons. The Morgan fingerprint density at radius 3 is 2.25 bits per heavy atom. The molecule has 0 aliphatic rings. The van der Waals surface area contributed by atoms with Gasteiger partial charge >= 0.3 is 0 Å². The van der Waals surface area contributed by atoms with Gasteiger partial charge in [-0.1, -0.05) is 0 Å². The Kier molecular flexibility index (Phi) is 5.62. The second kappa shape index (κ2) is 7.49. The molecule has 0 saturated carbocycles. The summed E-state index contributed by atoms with van der Waals surface area (Å²) in [5.74, 6) is -3.73. The monoisotopic (exact) mass is 371 g/mol. The lowest BCUT2D eigenvalue weighted by Crippen LogP contribution is -2.30. The number of sulfone groups is 1. The lowest BCUT2D eigenvalue weighted by atomic mass is 10.3. The molecule has 0 bridgehead atoms. The van der Waals surface area contributed by atoms with Gasteiger partial charge in [-0.15, -0.1) is 11.3 Å². The van der Waals surface area contributed by atoms with Crippen molar-refractivity contribution in [3.8, 4) is 0 Å². The molecule has 0 unspecified atom stereocenters. The predicted octanol–water partition coefficient (Wildman–Crippen LogP) is 1.58. The highest BCUT2D eigenvalue weighted by Gasteiger charge is 2.21. The van der Waals surface area contributed by atoms with Crippen LogP contribution in [0.4, 0.5) is 15.2 Å². The fourth-order valence-electron chi connectivity index (χ4n) is 1.75. The number of thiazole rings is 1. The van der Waals surface area contributed by atoms with E-state index in [0.717, 1.165) is 12.1 Å². The van der Waals surface area contributed by atoms with Crippen molar-refractivity contribution in [3.05, 3.63) is 41.2 Å². The lowest BCUT2D eigenvalue weighted by molar-refractivity contribution is -0.114. The second-order valence-corrected chi connectivity index (χ2v) is 7.85. The maximum atomic E-state index is 12.8. The topological polar surface area (TPSA) is 105 Å². The molecule has 7 nitrogen and oxygen atoms in total. The van der Waals surface area contributed by atoms with Crippen LogP contribution in [0.3, 0.4) is 0 Å². The number of carbonyl (C=O) groups is 2. The molecular formula is C14H14FN3O4S2. The van der Waals surface area contributed by atoms with Crippen molar-refractivity contribution in [2.24, 2.45) is 0 Å². The first-order valence-corrected chi connectivity index (χ1v) is 9.41. The molecule has 2 rings (SSSR count). The van der Waals surface area contributed by atoms with Gasteiger partial charge in [-0.05, 0) is 31.2 Å². The number of hydrogen-bond acceptors (Lipinski definition) is 6. The third-order valence-corrected chi connectivity index (χ3v) is 4.97. The summed E-state index contributed by atoms with van der Waals surface area (Å²) in [4.78, 5) is 27.4. The van der Waals surface area contributed by atoms with E-state index in [1.54, 1.807) is 12.3 Å². The van der Waals surface area contributed by atoms with Crippen LogP contribution in [0.1, 0.15) is 5.69 Å². The van der Waals surface area contributed by atoms with Gasteiger partial charge in [0.2, 0.25) is 11.8 Å². The zero-order chi connectivity index (χ0) is 17.7. The number of carbonyl (C=O) groups excluding carboxylic acids is 2. The average Bonchev–Trinajstić information content (AvgIpc) is 2.85. The SMILES string of the molecule is Cc1csc(NC(=O)CS(=O)(=O)CC(=O)Nc2ccc(F)cc2)n1. The van der Waals surface area contributed by atoms with E-state index in [4.69, 9.17) is 0 Å². The normalized spacial score (nSPS) is 11.1. The van der Waals surface area contributed by atoms with Crippen molar-refractivity contribution in [2.45, 2.75) is 6.92 Å². The predicted molar refractivity (Wildman–Crippen MR) is 89.2 cm³/mol. The van der Waals surface area contributed by atoms with Crippen molar-refractivity contribution in [3.63, 3.8) is 0 Å². The molecule has 0 fully saturated rings. The number of rotatable bonds is 6. The van der Waals surface area contributed by atoms with Crippen LogP contribution in [-0.4, -0.2) is 36.7 Å². The van der Waals surface area contributed by atoms with Gasteiger partial charge in [-0.25, -0.2) is 17.8 Å². The number of nitrogens with zero attached hydrogens (tertiary/aromatic N) is 1. The smallest absolute Gasteiger partial charge is 0.241 e.